The summed E-state index contributed by atoms with van der Waals surface area (Å²) >= 11 is 0. The van der Waals surface area contributed by atoms with E-state index >= 15 is 0 Å². The van der Waals surface area contributed by atoms with Crippen LogP contribution >= 0.6 is 0 Å². The number of hydrogen-bond donors (Lipinski definition) is 1. The summed E-state index contributed by atoms with van der Waals surface area (Å²) in [5.41, 5.74) is 0.630. The number of amides is 1. The Morgan fingerprint density at radius 3 is 2.50 bits per heavy atom. The molecule has 0 unspecified atom stereocenters. The Kier molecular flexibility index (Phi) is 5.82. The monoisotopic (exact) mass is 281 g/mol. The van der Waals surface area contributed by atoms with Crippen LogP contribution < -0.4 is 9.47 Å². The van der Waals surface area contributed by atoms with Crippen LogP contribution in [0.1, 0.15) is 32.4 Å². The molecular formula is C15H23NO4. The Morgan fingerprint density at radius 1 is 1.35 bits per heavy atom. The lowest BCUT2D eigenvalue weighted by atomic mass is 10.1. The maximum atomic E-state index is 11.9. The first-order valence-electron chi connectivity index (χ1n) is 6.61. The lowest BCUT2D eigenvalue weighted by Crippen LogP contribution is -2.36. The smallest absolute Gasteiger partial charge is 0.260 e. The van der Waals surface area contributed by atoms with Crippen molar-refractivity contribution in [3.63, 3.8) is 0 Å². The maximum absolute atomic E-state index is 11.9. The summed E-state index contributed by atoms with van der Waals surface area (Å²) in [6.07, 6.45) is -0.672. The fourth-order valence-corrected chi connectivity index (χ4v) is 1.64. The van der Waals surface area contributed by atoms with Crippen LogP contribution in [0.25, 0.3) is 0 Å². The van der Waals surface area contributed by atoms with Gasteiger partial charge in [-0.25, -0.2) is 0 Å². The molecule has 0 aliphatic carbocycles. The molecule has 0 saturated carbocycles. The third kappa shape index (κ3) is 4.13. The number of hydrogen-bond acceptors (Lipinski definition) is 4. The molecule has 0 aliphatic heterocycles. The Balaban J connectivity index is 2.83. The normalized spacial score (nSPS) is 12.2. The van der Waals surface area contributed by atoms with Crippen molar-refractivity contribution in [3.05, 3.63) is 23.8 Å². The second-order valence-electron chi connectivity index (χ2n) is 4.97. The van der Waals surface area contributed by atoms with Gasteiger partial charge in [0.05, 0.1) is 13.2 Å². The minimum atomic E-state index is -0.672. The minimum absolute atomic E-state index is 0.0679. The van der Waals surface area contributed by atoms with Crippen LogP contribution in [0, 0.1) is 0 Å². The summed E-state index contributed by atoms with van der Waals surface area (Å²) < 4.78 is 10.7. The summed E-state index contributed by atoms with van der Waals surface area (Å²) in [5.74, 6) is 0.971. The molecular weight excluding hydrogens is 258 g/mol. The molecule has 0 saturated heterocycles. The predicted molar refractivity (Wildman–Crippen MR) is 77.0 cm³/mol. The topological polar surface area (TPSA) is 59.0 Å². The Bertz CT molecular complexity index is 457. The molecule has 1 rings (SSSR count). The van der Waals surface area contributed by atoms with E-state index < -0.39 is 6.10 Å². The summed E-state index contributed by atoms with van der Waals surface area (Å²) in [6, 6.07) is 5.27. The number of ether oxygens (including phenoxy) is 2. The van der Waals surface area contributed by atoms with Gasteiger partial charge in [-0.1, -0.05) is 0 Å². The highest BCUT2D eigenvalue weighted by Crippen LogP contribution is 2.29. The molecule has 1 amide bonds. The zero-order valence-electron chi connectivity index (χ0n) is 12.7. The van der Waals surface area contributed by atoms with Crippen molar-refractivity contribution in [1.82, 2.24) is 4.90 Å². The van der Waals surface area contributed by atoms with Crippen molar-refractivity contribution < 1.29 is 19.4 Å². The zero-order chi connectivity index (χ0) is 15.3. The number of carbonyl (C=O) groups excluding carboxylic acids is 1. The molecule has 1 atom stereocenters. The van der Waals surface area contributed by atoms with Crippen LogP contribution in [0.15, 0.2) is 18.2 Å². The highest BCUT2D eigenvalue weighted by Gasteiger charge is 2.15. The number of aliphatic hydroxyl groups is 1. The Labute approximate surface area is 120 Å². The highest BCUT2D eigenvalue weighted by molar-refractivity contribution is 5.77. The van der Waals surface area contributed by atoms with Crippen molar-refractivity contribution >= 4 is 5.91 Å². The van der Waals surface area contributed by atoms with Crippen LogP contribution in [-0.4, -0.2) is 42.7 Å². The van der Waals surface area contributed by atoms with Crippen LogP contribution in [0.4, 0.5) is 0 Å². The quantitative estimate of drug-likeness (QED) is 0.866. The fourth-order valence-electron chi connectivity index (χ4n) is 1.64. The molecule has 1 aromatic rings. The van der Waals surface area contributed by atoms with Crippen LogP contribution in [0.5, 0.6) is 11.5 Å². The molecule has 0 aliphatic rings. The van der Waals surface area contributed by atoms with Crippen molar-refractivity contribution in [2.45, 2.75) is 32.9 Å². The molecule has 0 heterocycles. The van der Waals surface area contributed by atoms with Crippen molar-refractivity contribution in [3.8, 4) is 11.5 Å². The van der Waals surface area contributed by atoms with Gasteiger partial charge in [-0.2, -0.15) is 0 Å². The molecule has 0 fully saturated rings. The number of benzene rings is 1. The molecule has 5 heteroatoms. The molecule has 0 aromatic heterocycles. The van der Waals surface area contributed by atoms with Crippen molar-refractivity contribution in [1.29, 1.82) is 0 Å². The first-order valence-corrected chi connectivity index (χ1v) is 6.61. The number of nitrogens with zero attached hydrogens (tertiary/aromatic N) is 1. The third-order valence-corrected chi connectivity index (χ3v) is 3.19. The zero-order valence-corrected chi connectivity index (χ0v) is 12.7. The lowest BCUT2D eigenvalue weighted by molar-refractivity contribution is -0.133. The lowest BCUT2D eigenvalue weighted by Gasteiger charge is -2.22. The van der Waals surface area contributed by atoms with Gasteiger partial charge in [0.15, 0.2) is 6.61 Å². The van der Waals surface area contributed by atoms with Crippen LogP contribution in [0.2, 0.25) is 0 Å². The van der Waals surface area contributed by atoms with Gasteiger partial charge in [0.25, 0.3) is 5.91 Å². The van der Waals surface area contributed by atoms with E-state index in [-0.39, 0.29) is 18.6 Å². The fraction of sp³-hybridized carbons (Fsp3) is 0.533. The maximum Gasteiger partial charge on any atom is 0.260 e. The largest absolute Gasteiger partial charge is 0.497 e. The van der Waals surface area contributed by atoms with E-state index in [4.69, 9.17) is 9.47 Å². The molecule has 1 aromatic carbocycles. The van der Waals surface area contributed by atoms with E-state index in [0.29, 0.717) is 17.1 Å². The molecule has 20 heavy (non-hydrogen) atoms. The Morgan fingerprint density at radius 2 is 2.00 bits per heavy atom. The van der Waals surface area contributed by atoms with Crippen molar-refractivity contribution in [2.24, 2.45) is 0 Å². The van der Waals surface area contributed by atoms with Gasteiger partial charge in [0.1, 0.15) is 11.5 Å². The average molecular weight is 281 g/mol. The highest BCUT2D eigenvalue weighted by atomic mass is 16.5. The van der Waals surface area contributed by atoms with Gasteiger partial charge in [0.2, 0.25) is 0 Å². The minimum Gasteiger partial charge on any atom is -0.497 e. The SMILES string of the molecule is COc1ccc([C@H](C)O)c(OCC(=O)N(C)C(C)C)c1. The molecule has 0 radical (unpaired) electrons. The molecule has 112 valence electrons. The summed E-state index contributed by atoms with van der Waals surface area (Å²) in [6.45, 7) is 5.45. The van der Waals surface area contributed by atoms with Crippen LogP contribution in [0.3, 0.4) is 0 Å². The average Bonchev–Trinajstić information content (AvgIpc) is 2.42. The number of likely N-dealkylation sites (N-methyl/N-ethyl adjacent to an activating group) is 1. The predicted octanol–water partition coefficient (Wildman–Crippen LogP) is 1.99. The van der Waals surface area contributed by atoms with E-state index in [1.54, 1.807) is 44.2 Å². The number of methoxy groups -OCH3 is 1. The molecule has 0 bridgehead atoms. The summed E-state index contributed by atoms with van der Waals surface area (Å²) in [4.78, 5) is 13.5. The van der Waals surface area contributed by atoms with E-state index in [1.165, 1.54) is 0 Å². The van der Waals surface area contributed by atoms with Gasteiger partial charge in [-0.05, 0) is 32.9 Å². The van der Waals surface area contributed by atoms with E-state index in [9.17, 15) is 9.90 Å². The van der Waals surface area contributed by atoms with Gasteiger partial charge in [-0.3, -0.25) is 4.79 Å². The first kappa shape index (κ1) is 16.3. The molecule has 5 nitrogen and oxygen atoms in total. The van der Waals surface area contributed by atoms with Gasteiger partial charge in [0, 0.05) is 24.7 Å². The van der Waals surface area contributed by atoms with Gasteiger partial charge < -0.3 is 19.5 Å². The summed E-state index contributed by atoms with van der Waals surface area (Å²) in [7, 11) is 3.29. The Hall–Kier alpha value is -1.75. The van der Waals surface area contributed by atoms with Gasteiger partial charge in [-0.15, -0.1) is 0 Å². The standard InChI is InChI=1S/C15H23NO4/c1-10(2)16(4)15(18)9-20-14-8-12(19-5)6-7-13(14)11(3)17/h6-8,10-11,17H,9H2,1-5H3/t11-/m0/s1. The number of aliphatic hydroxyl groups excluding tert-OH is 1. The molecule has 1 N–H and O–H groups in total. The third-order valence-electron chi connectivity index (χ3n) is 3.19. The van der Waals surface area contributed by atoms with E-state index in [0.717, 1.165) is 0 Å². The van der Waals surface area contributed by atoms with Crippen LogP contribution in [-0.2, 0) is 4.79 Å². The van der Waals surface area contributed by atoms with Gasteiger partial charge >= 0.3 is 0 Å². The van der Waals surface area contributed by atoms with E-state index in [1.807, 2.05) is 13.8 Å². The van der Waals surface area contributed by atoms with Crippen molar-refractivity contribution in [2.75, 3.05) is 20.8 Å². The summed E-state index contributed by atoms with van der Waals surface area (Å²) in [5, 5.41) is 9.71. The second-order valence-corrected chi connectivity index (χ2v) is 4.97. The number of rotatable bonds is 6. The molecule has 0 spiro atoms. The number of carbonyl (C=O) groups is 1. The first-order chi connectivity index (χ1) is 9.36. The van der Waals surface area contributed by atoms with E-state index in [2.05, 4.69) is 0 Å². The second kappa shape index (κ2) is 7.14.